The average Bonchev–Trinajstić information content (AvgIpc) is 2.77. The molecule has 1 unspecified atom stereocenters. The number of amides is 1. The molecule has 2 rings (SSSR count). The van der Waals surface area contributed by atoms with Crippen molar-refractivity contribution in [1.82, 2.24) is 4.90 Å². The molecule has 0 bridgehead atoms. The maximum Gasteiger partial charge on any atom is 0.289 e. The van der Waals surface area contributed by atoms with Crippen molar-refractivity contribution in [3.05, 3.63) is 35.6 Å². The van der Waals surface area contributed by atoms with Gasteiger partial charge in [-0.15, -0.1) is 0 Å². The second kappa shape index (κ2) is 5.78. The number of nitrogens with zero attached hydrogens (tertiary/aromatic N) is 1. The lowest BCUT2D eigenvalue weighted by Gasteiger charge is -2.16. The van der Waals surface area contributed by atoms with Crippen molar-refractivity contribution in [3.63, 3.8) is 0 Å². The normalized spacial score (nSPS) is 12.6. The van der Waals surface area contributed by atoms with Gasteiger partial charge in [0.15, 0.2) is 5.76 Å². The van der Waals surface area contributed by atoms with E-state index in [1.165, 1.54) is 0 Å². The molecule has 1 aromatic carbocycles. The Morgan fingerprint density at radius 2 is 2.16 bits per heavy atom. The maximum absolute atomic E-state index is 12.2. The molecule has 0 spiro atoms. The molecular weight excluding hydrogens is 306 g/mol. The van der Waals surface area contributed by atoms with Gasteiger partial charge in [0.1, 0.15) is 5.58 Å². The van der Waals surface area contributed by atoms with E-state index in [0.29, 0.717) is 17.1 Å². The molecular formula is C15H18BrNO2. The van der Waals surface area contributed by atoms with Crippen LogP contribution in [-0.2, 0) is 0 Å². The molecule has 0 radical (unpaired) electrons. The van der Waals surface area contributed by atoms with Crippen molar-refractivity contribution in [2.45, 2.75) is 25.1 Å². The van der Waals surface area contributed by atoms with Gasteiger partial charge in [0.05, 0.1) is 0 Å². The van der Waals surface area contributed by atoms with E-state index in [0.717, 1.165) is 23.0 Å². The highest BCUT2D eigenvalue weighted by atomic mass is 79.9. The van der Waals surface area contributed by atoms with Gasteiger partial charge >= 0.3 is 0 Å². The molecule has 0 fully saturated rings. The summed E-state index contributed by atoms with van der Waals surface area (Å²) in [5.74, 6) is 0.340. The van der Waals surface area contributed by atoms with Gasteiger partial charge in [-0.25, -0.2) is 0 Å². The Morgan fingerprint density at radius 1 is 1.42 bits per heavy atom. The molecule has 1 amide bonds. The van der Waals surface area contributed by atoms with E-state index in [2.05, 4.69) is 22.9 Å². The Bertz CT molecular complexity index is 589. The third kappa shape index (κ3) is 3.38. The van der Waals surface area contributed by atoms with Crippen LogP contribution < -0.4 is 0 Å². The highest BCUT2D eigenvalue weighted by Crippen LogP contribution is 2.21. The molecule has 0 aliphatic carbocycles. The van der Waals surface area contributed by atoms with Crippen molar-refractivity contribution in [3.8, 4) is 0 Å². The fourth-order valence-electron chi connectivity index (χ4n) is 1.93. The van der Waals surface area contributed by atoms with E-state index < -0.39 is 0 Å². The van der Waals surface area contributed by atoms with Gasteiger partial charge in [0, 0.05) is 23.8 Å². The summed E-state index contributed by atoms with van der Waals surface area (Å²) in [6.07, 6.45) is 0.918. The first-order chi connectivity index (χ1) is 8.97. The summed E-state index contributed by atoms with van der Waals surface area (Å²) in [4.78, 5) is 14.3. The zero-order valence-electron chi connectivity index (χ0n) is 11.4. The molecule has 2 aromatic rings. The van der Waals surface area contributed by atoms with Gasteiger partial charge < -0.3 is 9.32 Å². The molecule has 0 N–H and O–H groups in total. The average molecular weight is 324 g/mol. The van der Waals surface area contributed by atoms with Crippen LogP contribution in [0.15, 0.2) is 28.7 Å². The number of alkyl halides is 1. The van der Waals surface area contributed by atoms with Crippen molar-refractivity contribution in [1.29, 1.82) is 0 Å². The molecule has 4 heteroatoms. The van der Waals surface area contributed by atoms with Crippen molar-refractivity contribution >= 4 is 32.8 Å². The van der Waals surface area contributed by atoms with Crippen LogP contribution in [0.2, 0.25) is 0 Å². The Kier molecular flexibility index (Phi) is 4.30. The predicted octanol–water partition coefficient (Wildman–Crippen LogP) is 3.99. The molecule has 1 atom stereocenters. The van der Waals surface area contributed by atoms with Crippen molar-refractivity contribution in [2.24, 2.45) is 0 Å². The highest BCUT2D eigenvalue weighted by Gasteiger charge is 2.16. The quantitative estimate of drug-likeness (QED) is 0.797. The minimum atomic E-state index is -0.0676. The lowest BCUT2D eigenvalue weighted by Crippen LogP contribution is -2.28. The van der Waals surface area contributed by atoms with Crippen LogP contribution in [0.4, 0.5) is 0 Å². The van der Waals surface area contributed by atoms with E-state index in [1.807, 2.05) is 31.2 Å². The summed E-state index contributed by atoms with van der Waals surface area (Å²) in [5.41, 5.74) is 1.92. The van der Waals surface area contributed by atoms with E-state index in [9.17, 15) is 4.79 Å². The fraction of sp³-hybridized carbons (Fsp3) is 0.400. The largest absolute Gasteiger partial charge is 0.451 e. The van der Waals surface area contributed by atoms with Crippen molar-refractivity contribution < 1.29 is 9.21 Å². The van der Waals surface area contributed by atoms with Gasteiger partial charge in [-0.2, -0.15) is 0 Å². The zero-order valence-corrected chi connectivity index (χ0v) is 13.0. The molecule has 102 valence electrons. The second-order valence-electron chi connectivity index (χ2n) is 4.95. The number of aryl methyl sites for hydroxylation is 1. The molecule has 0 saturated carbocycles. The summed E-state index contributed by atoms with van der Waals surface area (Å²) in [6.45, 7) is 4.81. The SMILES string of the molecule is Cc1ccc2oc(C(=O)N(C)CCC(C)Br)cc2c1. The number of carbonyl (C=O) groups is 1. The number of furan rings is 1. The molecule has 1 aromatic heterocycles. The Balaban J connectivity index is 2.16. The van der Waals surface area contributed by atoms with Gasteiger partial charge in [0.2, 0.25) is 0 Å². The predicted molar refractivity (Wildman–Crippen MR) is 80.9 cm³/mol. The molecule has 0 saturated heterocycles. The van der Waals surface area contributed by atoms with Gasteiger partial charge in [-0.1, -0.05) is 34.5 Å². The Morgan fingerprint density at radius 3 is 2.84 bits per heavy atom. The van der Waals surface area contributed by atoms with Crippen LogP contribution in [0, 0.1) is 6.92 Å². The summed E-state index contributed by atoms with van der Waals surface area (Å²) in [7, 11) is 1.80. The Hall–Kier alpha value is -1.29. The van der Waals surface area contributed by atoms with Gasteiger partial charge in [0.25, 0.3) is 5.91 Å². The lowest BCUT2D eigenvalue weighted by atomic mass is 10.2. The lowest BCUT2D eigenvalue weighted by molar-refractivity contribution is 0.0765. The van der Waals surface area contributed by atoms with Crippen LogP contribution in [-0.4, -0.2) is 29.2 Å². The van der Waals surface area contributed by atoms with E-state index in [-0.39, 0.29) is 5.91 Å². The van der Waals surface area contributed by atoms with E-state index in [1.54, 1.807) is 11.9 Å². The number of carbonyl (C=O) groups excluding carboxylic acids is 1. The molecule has 1 heterocycles. The van der Waals surface area contributed by atoms with Gasteiger partial charge in [-0.3, -0.25) is 4.79 Å². The summed E-state index contributed by atoms with van der Waals surface area (Å²) >= 11 is 3.48. The first kappa shape index (κ1) is 14.1. The monoisotopic (exact) mass is 323 g/mol. The van der Waals surface area contributed by atoms with Crippen LogP contribution in [0.1, 0.15) is 29.5 Å². The third-order valence-electron chi connectivity index (χ3n) is 3.09. The minimum absolute atomic E-state index is 0.0676. The van der Waals surface area contributed by atoms with E-state index in [4.69, 9.17) is 4.42 Å². The zero-order chi connectivity index (χ0) is 14.0. The number of hydrogen-bond donors (Lipinski definition) is 0. The molecule has 0 aliphatic rings. The Labute approximate surface area is 121 Å². The summed E-state index contributed by atoms with van der Waals surface area (Å²) in [6, 6.07) is 7.73. The first-order valence-electron chi connectivity index (χ1n) is 6.37. The number of hydrogen-bond acceptors (Lipinski definition) is 2. The van der Waals surface area contributed by atoms with Gasteiger partial charge in [-0.05, 0) is 31.5 Å². The van der Waals surface area contributed by atoms with E-state index >= 15 is 0 Å². The minimum Gasteiger partial charge on any atom is -0.451 e. The number of halogens is 1. The second-order valence-corrected chi connectivity index (χ2v) is 6.51. The van der Waals surface area contributed by atoms with Crippen LogP contribution in [0.3, 0.4) is 0 Å². The summed E-state index contributed by atoms with van der Waals surface area (Å²) in [5, 5.41) is 0.977. The summed E-state index contributed by atoms with van der Waals surface area (Å²) < 4.78 is 5.61. The number of benzene rings is 1. The standard InChI is InChI=1S/C15H18BrNO2/c1-10-4-5-13-12(8-10)9-14(19-13)15(18)17(3)7-6-11(2)16/h4-5,8-9,11H,6-7H2,1-3H3. The van der Waals surface area contributed by atoms with Crippen LogP contribution in [0.5, 0.6) is 0 Å². The fourth-order valence-corrected chi connectivity index (χ4v) is 2.13. The van der Waals surface area contributed by atoms with Crippen molar-refractivity contribution in [2.75, 3.05) is 13.6 Å². The molecule has 0 aliphatic heterocycles. The topological polar surface area (TPSA) is 33.5 Å². The smallest absolute Gasteiger partial charge is 0.289 e. The third-order valence-corrected chi connectivity index (χ3v) is 3.55. The number of fused-ring (bicyclic) bond motifs is 1. The molecule has 19 heavy (non-hydrogen) atoms. The number of rotatable bonds is 4. The van der Waals surface area contributed by atoms with Crippen LogP contribution in [0.25, 0.3) is 11.0 Å². The van der Waals surface area contributed by atoms with Crippen LogP contribution >= 0.6 is 15.9 Å². The molecule has 3 nitrogen and oxygen atoms in total. The highest BCUT2D eigenvalue weighted by molar-refractivity contribution is 9.09. The maximum atomic E-state index is 12.2. The first-order valence-corrected chi connectivity index (χ1v) is 7.28.